The number of para-hydroxylation sites is 1. The molecule has 2 aliphatic carbocycles. The van der Waals surface area contributed by atoms with Crippen molar-refractivity contribution in [1.29, 1.82) is 0 Å². The van der Waals surface area contributed by atoms with Gasteiger partial charge in [0.2, 0.25) is 11.8 Å². The lowest BCUT2D eigenvalue weighted by Gasteiger charge is -2.39. The van der Waals surface area contributed by atoms with Crippen molar-refractivity contribution in [2.75, 3.05) is 12.0 Å². The van der Waals surface area contributed by atoms with Gasteiger partial charge in [-0.1, -0.05) is 120 Å². The number of fused-ring (bicyclic) bond motifs is 5. The predicted octanol–water partition coefficient (Wildman–Crippen LogP) is 7.97. The van der Waals surface area contributed by atoms with Crippen molar-refractivity contribution in [1.82, 2.24) is 0 Å². The molecule has 8 heteroatoms. The Balaban J connectivity index is 1.55. The minimum absolute atomic E-state index is 0.0611. The number of carbonyl (C=O) groups is 4. The second-order valence-electron chi connectivity index (χ2n) is 12.4. The lowest BCUT2D eigenvalue weighted by atomic mass is 9.59. The van der Waals surface area contributed by atoms with E-state index in [1.54, 1.807) is 66.7 Å². The molecule has 3 aliphatic rings. The fourth-order valence-corrected chi connectivity index (χ4v) is 8.80. The average Bonchev–Trinajstić information content (AvgIpc) is 3.64. The van der Waals surface area contributed by atoms with Crippen LogP contribution in [0.4, 0.5) is 5.69 Å². The highest BCUT2D eigenvalue weighted by Gasteiger charge is 2.82. The van der Waals surface area contributed by atoms with Crippen molar-refractivity contribution in [3.63, 3.8) is 0 Å². The van der Waals surface area contributed by atoms with Crippen LogP contribution in [0, 0.1) is 11.8 Å². The van der Waals surface area contributed by atoms with Crippen molar-refractivity contribution >= 4 is 63.6 Å². The molecule has 2 amide bonds. The molecular weight excluding hydrogens is 657 g/mol. The Labute approximate surface area is 292 Å². The molecule has 5 aromatic carbocycles. The molecule has 240 valence electrons. The van der Waals surface area contributed by atoms with Gasteiger partial charge < -0.3 is 4.74 Å². The van der Waals surface area contributed by atoms with Crippen LogP contribution in [0.1, 0.15) is 32.6 Å². The van der Waals surface area contributed by atoms with E-state index in [9.17, 15) is 4.79 Å². The van der Waals surface area contributed by atoms with E-state index >= 15 is 14.4 Å². The predicted molar refractivity (Wildman–Crippen MR) is 188 cm³/mol. The Morgan fingerprint density at radius 3 is 1.43 bits per heavy atom. The lowest BCUT2D eigenvalue weighted by molar-refractivity contribution is -0.130. The molecule has 5 aromatic rings. The van der Waals surface area contributed by atoms with E-state index < -0.39 is 40.4 Å². The summed E-state index contributed by atoms with van der Waals surface area (Å²) in [5.74, 6) is -4.47. The molecule has 0 aromatic heterocycles. The van der Waals surface area contributed by atoms with Gasteiger partial charge in [0.15, 0.2) is 5.78 Å². The van der Waals surface area contributed by atoms with E-state index in [2.05, 4.69) is 0 Å². The first-order valence-electron chi connectivity index (χ1n) is 15.8. The number of allylic oxidation sites excluding steroid dienone is 2. The molecule has 2 bridgehead atoms. The van der Waals surface area contributed by atoms with Gasteiger partial charge in [-0.05, 0) is 69.8 Å². The number of anilines is 1. The first-order chi connectivity index (χ1) is 23.8. The van der Waals surface area contributed by atoms with Gasteiger partial charge in [0.25, 0.3) is 0 Å². The summed E-state index contributed by atoms with van der Waals surface area (Å²) in [5, 5.41) is 0.917. The number of methoxy groups -OCH3 is 1. The summed E-state index contributed by atoms with van der Waals surface area (Å²) in [6, 6.07) is 39.3. The molecule has 1 aliphatic heterocycles. The van der Waals surface area contributed by atoms with Crippen molar-refractivity contribution < 1.29 is 23.9 Å². The minimum Gasteiger partial charge on any atom is -0.465 e. The van der Waals surface area contributed by atoms with Gasteiger partial charge in [0, 0.05) is 10.0 Å². The van der Waals surface area contributed by atoms with E-state index in [0.717, 1.165) is 16.0 Å². The molecule has 49 heavy (non-hydrogen) atoms. The van der Waals surface area contributed by atoms with Crippen molar-refractivity contribution in [2.45, 2.75) is 10.8 Å². The molecule has 6 nitrogen and oxygen atoms in total. The van der Waals surface area contributed by atoms with Gasteiger partial charge in [0.1, 0.15) is 0 Å². The quantitative estimate of drug-likeness (QED) is 0.134. The summed E-state index contributed by atoms with van der Waals surface area (Å²) in [4.78, 5) is 60.5. The van der Waals surface area contributed by atoms with E-state index in [4.69, 9.17) is 27.9 Å². The van der Waals surface area contributed by atoms with Gasteiger partial charge in [-0.3, -0.25) is 14.4 Å². The third kappa shape index (κ3) is 4.08. The Morgan fingerprint density at radius 2 is 1.00 bits per heavy atom. The van der Waals surface area contributed by atoms with Gasteiger partial charge in [-0.25, -0.2) is 9.69 Å². The number of Topliss-reactive ketones (excluding diaryl/α,β-unsaturated/α-hetero) is 1. The second-order valence-corrected chi connectivity index (χ2v) is 13.3. The Kier molecular flexibility index (Phi) is 7.21. The number of ether oxygens (including phenoxy) is 1. The largest absolute Gasteiger partial charge is 0.465 e. The summed E-state index contributed by atoms with van der Waals surface area (Å²) < 4.78 is 5.05. The fraction of sp³-hybridized carbons (Fsp3) is 0.122. The number of benzene rings is 5. The summed E-state index contributed by atoms with van der Waals surface area (Å²) in [5.41, 5.74) is 0.784. The summed E-state index contributed by atoms with van der Waals surface area (Å²) in [6.45, 7) is 0. The van der Waals surface area contributed by atoms with Crippen LogP contribution in [0.15, 0.2) is 133 Å². The Morgan fingerprint density at radius 1 is 0.592 bits per heavy atom. The van der Waals surface area contributed by atoms with Crippen LogP contribution in [-0.4, -0.2) is 30.7 Å². The Bertz CT molecular complexity index is 2090. The molecule has 1 saturated heterocycles. The van der Waals surface area contributed by atoms with E-state index in [-0.39, 0.29) is 17.0 Å². The molecule has 8 rings (SSSR count). The zero-order valence-electron chi connectivity index (χ0n) is 26.1. The summed E-state index contributed by atoms with van der Waals surface area (Å²) in [6.07, 6.45) is 0. The molecule has 0 N–H and O–H groups in total. The van der Waals surface area contributed by atoms with E-state index in [1.165, 1.54) is 13.2 Å². The van der Waals surface area contributed by atoms with Crippen LogP contribution in [0.2, 0.25) is 10.0 Å². The highest BCUT2D eigenvalue weighted by atomic mass is 35.5. The summed E-state index contributed by atoms with van der Waals surface area (Å²) >= 11 is 12.8. The molecule has 0 unspecified atom stereocenters. The van der Waals surface area contributed by atoms with Gasteiger partial charge in [0.05, 0.1) is 41.0 Å². The number of esters is 1. The number of imide groups is 1. The highest BCUT2D eigenvalue weighted by Crippen LogP contribution is 2.74. The number of hydrogen-bond acceptors (Lipinski definition) is 5. The maximum Gasteiger partial charge on any atom is 0.339 e. The summed E-state index contributed by atoms with van der Waals surface area (Å²) in [7, 11) is 1.24. The zero-order chi connectivity index (χ0) is 34.1. The van der Waals surface area contributed by atoms with Crippen LogP contribution in [0.5, 0.6) is 0 Å². The van der Waals surface area contributed by atoms with Crippen molar-refractivity contribution in [2.24, 2.45) is 11.8 Å². The Hall–Kier alpha value is -5.30. The van der Waals surface area contributed by atoms with E-state index in [0.29, 0.717) is 32.3 Å². The molecule has 1 heterocycles. The number of ketones is 1. The molecule has 0 radical (unpaired) electrons. The van der Waals surface area contributed by atoms with Crippen molar-refractivity contribution in [3.8, 4) is 0 Å². The maximum absolute atomic E-state index is 16.0. The molecule has 0 spiro atoms. The third-order valence-electron chi connectivity index (χ3n) is 10.3. The van der Waals surface area contributed by atoms with Gasteiger partial charge >= 0.3 is 5.97 Å². The number of rotatable bonds is 6. The van der Waals surface area contributed by atoms with Crippen LogP contribution >= 0.6 is 23.2 Å². The number of carbonyl (C=O) groups excluding carboxylic acids is 4. The van der Waals surface area contributed by atoms with Gasteiger partial charge in [-0.2, -0.15) is 0 Å². The normalized spacial score (nSPS) is 24.1. The molecule has 1 saturated carbocycles. The molecular formula is C41H27Cl2NO5. The first kappa shape index (κ1) is 31.0. The third-order valence-corrected chi connectivity index (χ3v) is 10.8. The maximum atomic E-state index is 16.0. The standard InChI is InChI=1S/C41H27Cl2NO5/c1-49-38(47)30-14-8-9-15-31(30)44-36(45)34-35(37(44)46)41(27-18-22-29(43)23-19-27)33(25-12-6-3-7-13-25)32(24-10-4-2-5-11-24)40(34,39(41)48)26-16-20-28(42)21-17-26/h2-23,34-35H,1H3/t34-,35+,40-,41-/m0/s1. The number of amides is 2. The highest BCUT2D eigenvalue weighted by molar-refractivity contribution is 6.39. The van der Waals surface area contributed by atoms with Crippen LogP contribution in [0.25, 0.3) is 11.1 Å². The molecule has 4 atom stereocenters. The fourth-order valence-electron chi connectivity index (χ4n) is 8.55. The smallest absolute Gasteiger partial charge is 0.339 e. The van der Waals surface area contributed by atoms with Crippen molar-refractivity contribution in [3.05, 3.63) is 171 Å². The SMILES string of the molecule is COC(=O)c1ccccc1N1C(=O)[C@@H]2[C@H](C1=O)[C@@]1(c3ccc(Cl)cc3)C(=O)[C@@]2(c2ccc(Cl)cc2)C(c2ccccc2)=C1c1ccccc1. The second kappa shape index (κ2) is 11.4. The van der Waals surface area contributed by atoms with E-state index in [1.807, 2.05) is 60.7 Å². The monoisotopic (exact) mass is 683 g/mol. The first-order valence-corrected chi connectivity index (χ1v) is 16.5. The average molecular weight is 685 g/mol. The number of nitrogens with zero attached hydrogens (tertiary/aromatic N) is 1. The zero-order valence-corrected chi connectivity index (χ0v) is 27.6. The topological polar surface area (TPSA) is 80.8 Å². The number of hydrogen-bond donors (Lipinski definition) is 0. The number of halogens is 2. The van der Waals surface area contributed by atoms with Crippen LogP contribution in [0.3, 0.4) is 0 Å². The molecule has 2 fully saturated rings. The van der Waals surface area contributed by atoms with Crippen LogP contribution < -0.4 is 4.90 Å². The minimum atomic E-state index is -1.62. The van der Waals surface area contributed by atoms with Gasteiger partial charge in [-0.15, -0.1) is 0 Å². The lowest BCUT2D eigenvalue weighted by Crippen LogP contribution is -2.46. The van der Waals surface area contributed by atoms with Crippen LogP contribution in [-0.2, 0) is 30.0 Å².